The lowest BCUT2D eigenvalue weighted by Gasteiger charge is -2.06. The minimum Gasteiger partial charge on any atom is -0.507 e. The standard InChI is InChI=1S/C11H13BrO3/c1-7(11(14)15)2-3-8-4-5-10(13)9(12)6-8/h4-7,13H,2-3H2,1H3,(H,14,15). The molecule has 0 radical (unpaired) electrons. The second-order valence-corrected chi connectivity index (χ2v) is 4.42. The zero-order chi connectivity index (χ0) is 11.4. The van der Waals surface area contributed by atoms with Crippen molar-refractivity contribution in [1.29, 1.82) is 0 Å². The summed E-state index contributed by atoms with van der Waals surface area (Å²) in [6.45, 7) is 1.69. The van der Waals surface area contributed by atoms with E-state index in [1.807, 2.05) is 6.07 Å². The lowest BCUT2D eigenvalue weighted by molar-refractivity contribution is -0.141. The highest BCUT2D eigenvalue weighted by Gasteiger charge is 2.10. The summed E-state index contributed by atoms with van der Waals surface area (Å²) < 4.78 is 0.642. The molecular formula is C11H13BrO3. The molecule has 1 unspecified atom stereocenters. The van der Waals surface area contributed by atoms with Gasteiger partial charge < -0.3 is 10.2 Å². The molecule has 1 aromatic rings. The normalized spacial score (nSPS) is 12.4. The molecule has 3 nitrogen and oxygen atoms in total. The van der Waals surface area contributed by atoms with Crippen LogP contribution >= 0.6 is 15.9 Å². The largest absolute Gasteiger partial charge is 0.507 e. The molecular weight excluding hydrogens is 260 g/mol. The highest BCUT2D eigenvalue weighted by atomic mass is 79.9. The van der Waals surface area contributed by atoms with Gasteiger partial charge in [-0.05, 0) is 46.5 Å². The highest BCUT2D eigenvalue weighted by molar-refractivity contribution is 9.10. The van der Waals surface area contributed by atoms with Crippen molar-refractivity contribution < 1.29 is 15.0 Å². The van der Waals surface area contributed by atoms with E-state index in [0.717, 1.165) is 5.56 Å². The molecule has 1 rings (SSSR count). The summed E-state index contributed by atoms with van der Waals surface area (Å²) in [5.41, 5.74) is 1.02. The molecule has 0 bridgehead atoms. The van der Waals surface area contributed by atoms with Gasteiger partial charge in [0.2, 0.25) is 0 Å². The number of aromatic hydroxyl groups is 1. The SMILES string of the molecule is CC(CCc1ccc(O)c(Br)c1)C(=O)O. The molecule has 0 aromatic heterocycles. The van der Waals surface area contributed by atoms with E-state index in [1.54, 1.807) is 19.1 Å². The van der Waals surface area contributed by atoms with Gasteiger partial charge >= 0.3 is 5.97 Å². The van der Waals surface area contributed by atoms with Crippen molar-refractivity contribution in [3.05, 3.63) is 28.2 Å². The summed E-state index contributed by atoms with van der Waals surface area (Å²) in [6, 6.07) is 5.21. The fourth-order valence-corrected chi connectivity index (χ4v) is 1.64. The first kappa shape index (κ1) is 12.0. The van der Waals surface area contributed by atoms with E-state index < -0.39 is 5.97 Å². The van der Waals surface area contributed by atoms with E-state index in [9.17, 15) is 9.90 Å². The van der Waals surface area contributed by atoms with Crippen molar-refractivity contribution in [3.8, 4) is 5.75 Å². The molecule has 0 aliphatic heterocycles. The number of phenolic OH excluding ortho intramolecular Hbond substituents is 1. The number of hydrogen-bond acceptors (Lipinski definition) is 2. The molecule has 0 saturated carbocycles. The van der Waals surface area contributed by atoms with Crippen LogP contribution in [0.5, 0.6) is 5.75 Å². The molecule has 82 valence electrons. The lowest BCUT2D eigenvalue weighted by atomic mass is 10.0. The quantitative estimate of drug-likeness (QED) is 0.886. The number of hydrogen-bond donors (Lipinski definition) is 2. The van der Waals surface area contributed by atoms with Gasteiger partial charge in [0.15, 0.2) is 0 Å². The Morgan fingerprint density at radius 2 is 2.20 bits per heavy atom. The Morgan fingerprint density at radius 1 is 1.53 bits per heavy atom. The molecule has 1 atom stereocenters. The first-order valence-electron chi connectivity index (χ1n) is 4.71. The average Bonchev–Trinajstić information content (AvgIpc) is 2.19. The molecule has 0 heterocycles. The Labute approximate surface area is 96.9 Å². The number of aliphatic carboxylic acids is 1. The van der Waals surface area contributed by atoms with E-state index in [1.165, 1.54) is 0 Å². The predicted octanol–water partition coefficient (Wildman–Crippen LogP) is 2.81. The molecule has 0 fully saturated rings. The maximum Gasteiger partial charge on any atom is 0.306 e. The molecule has 1 aromatic carbocycles. The number of phenols is 1. The number of benzene rings is 1. The van der Waals surface area contributed by atoms with Gasteiger partial charge in [0.25, 0.3) is 0 Å². The van der Waals surface area contributed by atoms with Crippen LogP contribution in [-0.4, -0.2) is 16.2 Å². The van der Waals surface area contributed by atoms with E-state index >= 15 is 0 Å². The lowest BCUT2D eigenvalue weighted by Crippen LogP contribution is -2.10. The average molecular weight is 273 g/mol. The Morgan fingerprint density at radius 3 is 2.73 bits per heavy atom. The van der Waals surface area contributed by atoms with Gasteiger partial charge in [0.05, 0.1) is 10.4 Å². The third-order valence-electron chi connectivity index (χ3n) is 2.30. The smallest absolute Gasteiger partial charge is 0.306 e. The Kier molecular flexibility index (Phi) is 4.15. The molecule has 4 heteroatoms. The van der Waals surface area contributed by atoms with Gasteiger partial charge in [0.1, 0.15) is 5.75 Å². The van der Waals surface area contributed by atoms with Gasteiger partial charge in [-0.1, -0.05) is 13.0 Å². The van der Waals surface area contributed by atoms with Crippen LogP contribution in [0.25, 0.3) is 0 Å². The van der Waals surface area contributed by atoms with Crippen molar-refractivity contribution in [1.82, 2.24) is 0 Å². The van der Waals surface area contributed by atoms with Crippen molar-refractivity contribution in [2.24, 2.45) is 5.92 Å². The third-order valence-corrected chi connectivity index (χ3v) is 2.93. The van der Waals surface area contributed by atoms with E-state index in [2.05, 4.69) is 15.9 Å². The monoisotopic (exact) mass is 272 g/mol. The molecule has 15 heavy (non-hydrogen) atoms. The van der Waals surface area contributed by atoms with E-state index in [0.29, 0.717) is 17.3 Å². The zero-order valence-corrected chi connectivity index (χ0v) is 9.99. The minimum absolute atomic E-state index is 0.199. The zero-order valence-electron chi connectivity index (χ0n) is 8.40. The molecule has 0 saturated heterocycles. The summed E-state index contributed by atoms with van der Waals surface area (Å²) in [7, 11) is 0. The van der Waals surface area contributed by atoms with Gasteiger partial charge in [-0.3, -0.25) is 4.79 Å². The van der Waals surface area contributed by atoms with E-state index in [4.69, 9.17) is 5.11 Å². The first-order chi connectivity index (χ1) is 7.00. The van der Waals surface area contributed by atoms with Crippen molar-refractivity contribution >= 4 is 21.9 Å². The van der Waals surface area contributed by atoms with Crippen molar-refractivity contribution in [2.45, 2.75) is 19.8 Å². The summed E-state index contributed by atoms with van der Waals surface area (Å²) in [6.07, 6.45) is 1.30. The third kappa shape index (κ3) is 3.55. The Hall–Kier alpha value is -1.03. The van der Waals surface area contributed by atoms with Gasteiger partial charge in [-0.15, -0.1) is 0 Å². The molecule has 0 spiro atoms. The van der Waals surface area contributed by atoms with Crippen molar-refractivity contribution in [2.75, 3.05) is 0 Å². The number of carboxylic acid groups (broad SMARTS) is 1. The van der Waals surface area contributed by atoms with Crippen LogP contribution < -0.4 is 0 Å². The number of carbonyl (C=O) groups is 1. The fourth-order valence-electron chi connectivity index (χ4n) is 1.21. The summed E-state index contributed by atoms with van der Waals surface area (Å²) in [4.78, 5) is 10.6. The topological polar surface area (TPSA) is 57.5 Å². The van der Waals surface area contributed by atoms with E-state index in [-0.39, 0.29) is 11.7 Å². The molecule has 2 N–H and O–H groups in total. The maximum atomic E-state index is 10.6. The first-order valence-corrected chi connectivity index (χ1v) is 5.50. The number of aryl methyl sites for hydroxylation is 1. The summed E-state index contributed by atoms with van der Waals surface area (Å²) in [5.74, 6) is -0.907. The van der Waals surface area contributed by atoms with Crippen LogP contribution in [0.3, 0.4) is 0 Å². The second-order valence-electron chi connectivity index (χ2n) is 3.56. The van der Waals surface area contributed by atoms with Crippen LogP contribution in [0.4, 0.5) is 0 Å². The predicted molar refractivity (Wildman–Crippen MR) is 60.9 cm³/mol. The van der Waals surface area contributed by atoms with Crippen LogP contribution in [0, 0.1) is 5.92 Å². The Balaban J connectivity index is 2.58. The summed E-state index contributed by atoms with van der Waals surface area (Å²) in [5, 5.41) is 18.0. The summed E-state index contributed by atoms with van der Waals surface area (Å²) >= 11 is 3.22. The van der Waals surface area contributed by atoms with Gasteiger partial charge in [-0.2, -0.15) is 0 Å². The number of rotatable bonds is 4. The number of halogens is 1. The molecule has 0 aliphatic rings. The second kappa shape index (κ2) is 5.16. The van der Waals surface area contributed by atoms with Crippen molar-refractivity contribution in [3.63, 3.8) is 0 Å². The molecule has 0 amide bonds. The van der Waals surface area contributed by atoms with Crippen LogP contribution in [0.1, 0.15) is 18.9 Å². The van der Waals surface area contributed by atoms with Gasteiger partial charge in [0, 0.05) is 0 Å². The number of carboxylic acids is 1. The molecule has 0 aliphatic carbocycles. The van der Waals surface area contributed by atoms with Crippen LogP contribution in [0.15, 0.2) is 22.7 Å². The Bertz CT molecular complexity index is 363. The van der Waals surface area contributed by atoms with Gasteiger partial charge in [-0.25, -0.2) is 0 Å². The maximum absolute atomic E-state index is 10.6. The van der Waals surface area contributed by atoms with Crippen LogP contribution in [0.2, 0.25) is 0 Å². The van der Waals surface area contributed by atoms with Crippen LogP contribution in [-0.2, 0) is 11.2 Å². The highest BCUT2D eigenvalue weighted by Crippen LogP contribution is 2.25. The fraction of sp³-hybridized carbons (Fsp3) is 0.364. The minimum atomic E-state index is -0.771.